The van der Waals surface area contributed by atoms with Gasteiger partial charge in [-0.3, -0.25) is 0 Å². The molecule has 0 spiro atoms. The Hall–Kier alpha value is -1.42. The maximum Gasteiger partial charge on any atom is 0.153 e. The molecule has 1 aromatic heterocycles. The van der Waals surface area contributed by atoms with Gasteiger partial charge in [-0.25, -0.2) is 8.78 Å². The van der Waals surface area contributed by atoms with E-state index in [-0.39, 0.29) is 11.5 Å². The number of hydrogen-bond acceptors (Lipinski definition) is 1. The summed E-state index contributed by atoms with van der Waals surface area (Å²) in [6, 6.07) is 3.08. The maximum atomic E-state index is 14.1. The summed E-state index contributed by atoms with van der Waals surface area (Å²) in [5, 5.41) is 3.71. The molecule has 1 aromatic carbocycles. The molecule has 4 heteroatoms. The summed E-state index contributed by atoms with van der Waals surface area (Å²) in [5.41, 5.74) is 0.628. The van der Waals surface area contributed by atoms with Crippen molar-refractivity contribution in [1.29, 1.82) is 0 Å². The first-order chi connectivity index (χ1) is 7.77. The van der Waals surface area contributed by atoms with E-state index in [1.54, 1.807) is 12.3 Å². The van der Waals surface area contributed by atoms with Gasteiger partial charge < -0.3 is 10.3 Å². The minimum atomic E-state index is -0.436. The monoisotopic (exact) mass is 222 g/mol. The molecule has 1 saturated heterocycles. The second kappa shape index (κ2) is 3.56. The van der Waals surface area contributed by atoms with Crippen LogP contribution in [0.5, 0.6) is 0 Å². The van der Waals surface area contributed by atoms with Crippen LogP contribution < -0.4 is 5.32 Å². The van der Waals surface area contributed by atoms with Gasteiger partial charge in [-0.15, -0.1) is 0 Å². The van der Waals surface area contributed by atoms with Crippen molar-refractivity contribution in [3.05, 3.63) is 35.5 Å². The van der Waals surface area contributed by atoms with Gasteiger partial charge >= 0.3 is 0 Å². The van der Waals surface area contributed by atoms with Crippen LogP contribution in [0.3, 0.4) is 0 Å². The van der Waals surface area contributed by atoms with Crippen molar-refractivity contribution >= 4 is 10.9 Å². The van der Waals surface area contributed by atoms with Crippen molar-refractivity contribution in [2.45, 2.75) is 12.3 Å². The number of aromatic nitrogens is 1. The first-order valence-corrected chi connectivity index (χ1v) is 5.43. The fraction of sp³-hybridized carbons (Fsp3) is 0.333. The highest BCUT2D eigenvalue weighted by Gasteiger charge is 2.25. The minimum Gasteiger partial charge on any atom is -0.359 e. The highest BCUT2D eigenvalue weighted by atomic mass is 19.1. The van der Waals surface area contributed by atoms with Crippen molar-refractivity contribution in [2.75, 3.05) is 13.1 Å². The van der Waals surface area contributed by atoms with Crippen LogP contribution in [-0.2, 0) is 0 Å². The maximum absolute atomic E-state index is 14.1. The third-order valence-corrected chi connectivity index (χ3v) is 3.24. The Balaban J connectivity index is 2.21. The molecule has 1 aliphatic rings. The van der Waals surface area contributed by atoms with Gasteiger partial charge in [0.1, 0.15) is 5.82 Å². The zero-order chi connectivity index (χ0) is 11.1. The molecule has 0 saturated carbocycles. The average Bonchev–Trinajstić information content (AvgIpc) is 2.87. The van der Waals surface area contributed by atoms with Crippen LogP contribution in [0.2, 0.25) is 0 Å². The number of benzene rings is 1. The summed E-state index contributed by atoms with van der Waals surface area (Å²) in [4.78, 5) is 2.82. The molecule has 1 atom stereocenters. The SMILES string of the molecule is Fc1cc2cc[nH]c2c(F)c1C1CCNC1. The van der Waals surface area contributed by atoms with E-state index in [9.17, 15) is 8.78 Å². The number of fused-ring (bicyclic) bond motifs is 1. The Kier molecular flexibility index (Phi) is 2.17. The normalized spacial score (nSPS) is 20.8. The van der Waals surface area contributed by atoms with Gasteiger partial charge in [0.05, 0.1) is 5.52 Å². The molecule has 16 heavy (non-hydrogen) atoms. The molecule has 3 rings (SSSR count). The standard InChI is InChI=1S/C12H12F2N2/c13-9-5-7-2-4-16-12(7)11(14)10(9)8-1-3-15-6-8/h2,4-5,8,15-16H,1,3,6H2. The van der Waals surface area contributed by atoms with E-state index in [4.69, 9.17) is 0 Å². The number of halogens is 2. The summed E-state index contributed by atoms with van der Waals surface area (Å²) >= 11 is 0. The highest BCUT2D eigenvalue weighted by molar-refractivity contribution is 5.81. The fourth-order valence-electron chi connectivity index (χ4n) is 2.42. The molecule has 0 bridgehead atoms. The third kappa shape index (κ3) is 1.33. The van der Waals surface area contributed by atoms with Crippen LogP contribution in [-0.4, -0.2) is 18.1 Å². The Bertz CT molecular complexity index is 527. The van der Waals surface area contributed by atoms with Gasteiger partial charge in [-0.05, 0) is 25.1 Å². The lowest BCUT2D eigenvalue weighted by Gasteiger charge is -2.12. The molecule has 2 nitrogen and oxygen atoms in total. The van der Waals surface area contributed by atoms with E-state index in [1.165, 1.54) is 6.07 Å². The van der Waals surface area contributed by atoms with Gasteiger partial charge in [-0.2, -0.15) is 0 Å². The number of hydrogen-bond donors (Lipinski definition) is 2. The molecule has 84 valence electrons. The molecule has 1 aliphatic heterocycles. The first-order valence-electron chi connectivity index (χ1n) is 5.43. The number of H-pyrrole nitrogens is 1. The quantitative estimate of drug-likeness (QED) is 0.762. The summed E-state index contributed by atoms with van der Waals surface area (Å²) in [6.07, 6.45) is 2.42. The first kappa shape index (κ1) is 9.78. The molecule has 1 unspecified atom stereocenters. The Labute approximate surface area is 91.7 Å². The van der Waals surface area contributed by atoms with E-state index in [2.05, 4.69) is 10.3 Å². The molecule has 0 aliphatic carbocycles. The van der Waals surface area contributed by atoms with Crippen molar-refractivity contribution in [2.24, 2.45) is 0 Å². The fourth-order valence-corrected chi connectivity index (χ4v) is 2.42. The van der Waals surface area contributed by atoms with Crippen LogP contribution in [0.25, 0.3) is 10.9 Å². The molecular formula is C12H12F2N2. The van der Waals surface area contributed by atoms with E-state index >= 15 is 0 Å². The van der Waals surface area contributed by atoms with Gasteiger partial charge in [0.2, 0.25) is 0 Å². The Morgan fingerprint density at radius 2 is 2.19 bits per heavy atom. The highest BCUT2D eigenvalue weighted by Crippen LogP contribution is 2.31. The molecular weight excluding hydrogens is 210 g/mol. The van der Waals surface area contributed by atoms with Crippen LogP contribution in [0, 0.1) is 11.6 Å². The zero-order valence-corrected chi connectivity index (χ0v) is 8.69. The average molecular weight is 222 g/mol. The predicted octanol–water partition coefficient (Wildman–Crippen LogP) is 2.52. The van der Waals surface area contributed by atoms with Crippen LogP contribution in [0.15, 0.2) is 18.3 Å². The summed E-state index contributed by atoms with van der Waals surface area (Å²) in [7, 11) is 0. The van der Waals surface area contributed by atoms with Gasteiger partial charge in [-0.1, -0.05) is 0 Å². The number of rotatable bonds is 1. The van der Waals surface area contributed by atoms with E-state index in [0.29, 0.717) is 17.4 Å². The largest absolute Gasteiger partial charge is 0.359 e. The van der Waals surface area contributed by atoms with Crippen molar-refractivity contribution in [1.82, 2.24) is 10.3 Å². The lowest BCUT2D eigenvalue weighted by atomic mass is 9.96. The van der Waals surface area contributed by atoms with Crippen molar-refractivity contribution in [3.8, 4) is 0 Å². The van der Waals surface area contributed by atoms with Crippen LogP contribution in [0.1, 0.15) is 17.9 Å². The molecule has 2 aromatic rings. The number of nitrogens with one attached hydrogen (secondary N) is 2. The molecule has 2 N–H and O–H groups in total. The van der Waals surface area contributed by atoms with Crippen LogP contribution >= 0.6 is 0 Å². The second-order valence-corrected chi connectivity index (χ2v) is 4.22. The lowest BCUT2D eigenvalue weighted by molar-refractivity contribution is 0.538. The lowest BCUT2D eigenvalue weighted by Crippen LogP contribution is -2.10. The summed E-state index contributed by atoms with van der Waals surface area (Å²) in [6.45, 7) is 1.48. The second-order valence-electron chi connectivity index (χ2n) is 4.22. The van der Waals surface area contributed by atoms with E-state index in [1.807, 2.05) is 0 Å². The van der Waals surface area contributed by atoms with Crippen molar-refractivity contribution < 1.29 is 8.78 Å². The summed E-state index contributed by atoms with van der Waals surface area (Å²) < 4.78 is 27.9. The van der Waals surface area contributed by atoms with Gasteiger partial charge in [0, 0.05) is 29.6 Å². The molecule has 0 radical (unpaired) electrons. The smallest absolute Gasteiger partial charge is 0.153 e. The van der Waals surface area contributed by atoms with E-state index < -0.39 is 11.6 Å². The van der Waals surface area contributed by atoms with Crippen LogP contribution in [0.4, 0.5) is 8.78 Å². The molecule has 1 fully saturated rings. The molecule has 0 amide bonds. The third-order valence-electron chi connectivity index (χ3n) is 3.24. The minimum absolute atomic E-state index is 0.0484. The Morgan fingerprint density at radius 3 is 2.94 bits per heavy atom. The molecule has 2 heterocycles. The summed E-state index contributed by atoms with van der Waals surface area (Å²) in [5.74, 6) is -0.917. The topological polar surface area (TPSA) is 27.8 Å². The number of aromatic amines is 1. The van der Waals surface area contributed by atoms with Gasteiger partial charge in [0.25, 0.3) is 0 Å². The predicted molar refractivity (Wildman–Crippen MR) is 58.4 cm³/mol. The Morgan fingerprint density at radius 1 is 1.31 bits per heavy atom. The van der Waals surface area contributed by atoms with Gasteiger partial charge in [0.15, 0.2) is 5.82 Å². The zero-order valence-electron chi connectivity index (χ0n) is 8.69. The van der Waals surface area contributed by atoms with Crippen molar-refractivity contribution in [3.63, 3.8) is 0 Å². The van der Waals surface area contributed by atoms with E-state index in [0.717, 1.165) is 13.0 Å².